The van der Waals surface area contributed by atoms with Gasteiger partial charge in [0.05, 0.1) is 12.0 Å². The van der Waals surface area contributed by atoms with Gasteiger partial charge in [-0.05, 0) is 37.1 Å². The minimum Gasteiger partial charge on any atom is -0.465 e. The number of pyridine rings is 1. The van der Waals surface area contributed by atoms with Gasteiger partial charge in [-0.25, -0.2) is 4.79 Å². The van der Waals surface area contributed by atoms with Crippen molar-refractivity contribution in [3.63, 3.8) is 0 Å². The number of methoxy groups -OCH3 is 1. The van der Waals surface area contributed by atoms with Crippen LogP contribution in [0.3, 0.4) is 0 Å². The number of amides is 1. The van der Waals surface area contributed by atoms with Crippen molar-refractivity contribution in [3.8, 4) is 0 Å². The summed E-state index contributed by atoms with van der Waals surface area (Å²) in [5, 5.41) is 8.55. The van der Waals surface area contributed by atoms with E-state index in [1.54, 1.807) is 12.1 Å². The van der Waals surface area contributed by atoms with Gasteiger partial charge in [0.25, 0.3) is 5.91 Å². The maximum absolute atomic E-state index is 12.8. The minimum atomic E-state index is -0.416. The molecule has 7 nitrogen and oxygen atoms in total. The average Bonchev–Trinajstić information content (AvgIpc) is 3.34. The molecule has 1 fully saturated rings. The number of thiophene rings is 1. The van der Waals surface area contributed by atoms with Crippen LogP contribution >= 0.6 is 11.3 Å². The van der Waals surface area contributed by atoms with Crippen LogP contribution in [0.1, 0.15) is 43.9 Å². The predicted molar refractivity (Wildman–Crippen MR) is 96.5 cm³/mol. The van der Waals surface area contributed by atoms with Crippen molar-refractivity contribution in [1.82, 2.24) is 19.5 Å². The number of hydrogen-bond acceptors (Lipinski definition) is 6. The lowest BCUT2D eigenvalue weighted by Crippen LogP contribution is -2.39. The molecule has 0 radical (unpaired) electrons. The Morgan fingerprint density at radius 2 is 2.04 bits per heavy atom. The smallest absolute Gasteiger partial charge is 0.348 e. The fourth-order valence-corrected chi connectivity index (χ4v) is 4.22. The lowest BCUT2D eigenvalue weighted by atomic mass is 9.97. The molecule has 1 amide bonds. The summed E-state index contributed by atoms with van der Waals surface area (Å²) in [6, 6.07) is 9.13. The molecule has 1 aliphatic heterocycles. The lowest BCUT2D eigenvalue weighted by Gasteiger charge is -2.31. The van der Waals surface area contributed by atoms with Crippen LogP contribution in [0.25, 0.3) is 5.65 Å². The lowest BCUT2D eigenvalue weighted by molar-refractivity contribution is 0.0606. The summed E-state index contributed by atoms with van der Waals surface area (Å²) in [6.45, 7) is 1.30. The number of piperidine rings is 1. The monoisotopic (exact) mass is 370 g/mol. The van der Waals surface area contributed by atoms with Crippen molar-refractivity contribution >= 4 is 28.9 Å². The van der Waals surface area contributed by atoms with Crippen LogP contribution in [-0.4, -0.2) is 51.6 Å². The number of rotatable bonds is 3. The Balaban J connectivity index is 1.54. The number of ether oxygens (including phenoxy) is 1. The van der Waals surface area contributed by atoms with E-state index in [0.717, 1.165) is 24.3 Å². The molecule has 0 aliphatic carbocycles. The first kappa shape index (κ1) is 16.7. The van der Waals surface area contributed by atoms with Crippen LogP contribution in [0.4, 0.5) is 0 Å². The second kappa shape index (κ2) is 6.87. The van der Waals surface area contributed by atoms with Crippen LogP contribution in [0.2, 0.25) is 0 Å². The summed E-state index contributed by atoms with van der Waals surface area (Å²) in [7, 11) is 1.33. The van der Waals surface area contributed by atoms with Crippen LogP contribution in [0.5, 0.6) is 0 Å². The summed E-state index contributed by atoms with van der Waals surface area (Å²) in [6.07, 6.45) is 3.83. The van der Waals surface area contributed by atoms with Crippen molar-refractivity contribution in [2.45, 2.75) is 18.8 Å². The van der Waals surface area contributed by atoms with Gasteiger partial charge < -0.3 is 9.64 Å². The van der Waals surface area contributed by atoms with E-state index < -0.39 is 5.97 Å². The van der Waals surface area contributed by atoms with Gasteiger partial charge in [0.1, 0.15) is 10.7 Å². The van der Waals surface area contributed by atoms with Gasteiger partial charge in [-0.15, -0.1) is 21.5 Å². The highest BCUT2D eigenvalue weighted by molar-refractivity contribution is 7.15. The van der Waals surface area contributed by atoms with Gasteiger partial charge in [0.2, 0.25) is 0 Å². The van der Waals surface area contributed by atoms with E-state index in [4.69, 9.17) is 4.74 Å². The van der Waals surface area contributed by atoms with E-state index in [9.17, 15) is 9.59 Å². The van der Waals surface area contributed by atoms with Crippen molar-refractivity contribution in [3.05, 3.63) is 52.1 Å². The Morgan fingerprint density at radius 1 is 1.19 bits per heavy atom. The Kier molecular flexibility index (Phi) is 4.42. The van der Waals surface area contributed by atoms with E-state index in [1.807, 2.05) is 33.7 Å². The number of carbonyl (C=O) groups is 2. The second-order valence-corrected chi connectivity index (χ2v) is 7.32. The third-order valence-electron chi connectivity index (χ3n) is 4.62. The topological polar surface area (TPSA) is 76.8 Å². The number of likely N-dealkylation sites (tertiary alicyclic amines) is 1. The molecule has 1 atom stereocenters. The van der Waals surface area contributed by atoms with E-state index >= 15 is 0 Å². The number of esters is 1. The Bertz CT molecular complexity index is 964. The SMILES string of the molecule is COC(=O)c1ccc(C(=O)N2CCCC(c3nnc4ccccn34)C2)s1. The van der Waals surface area contributed by atoms with Gasteiger partial charge >= 0.3 is 5.97 Å². The first-order valence-electron chi connectivity index (χ1n) is 8.44. The van der Waals surface area contributed by atoms with E-state index in [-0.39, 0.29) is 11.8 Å². The largest absolute Gasteiger partial charge is 0.465 e. The molecule has 8 heteroatoms. The van der Waals surface area contributed by atoms with Gasteiger partial charge in [-0.2, -0.15) is 0 Å². The molecular weight excluding hydrogens is 352 g/mol. The molecule has 1 aliphatic rings. The first-order chi connectivity index (χ1) is 12.7. The molecule has 0 aromatic carbocycles. The molecule has 3 aromatic rings. The number of hydrogen-bond donors (Lipinski definition) is 0. The minimum absolute atomic E-state index is 0.0522. The first-order valence-corrected chi connectivity index (χ1v) is 9.26. The molecule has 4 rings (SSSR count). The molecule has 0 saturated carbocycles. The summed E-state index contributed by atoms with van der Waals surface area (Å²) in [5.74, 6) is 0.564. The number of carbonyl (C=O) groups excluding carboxylic acids is 2. The third kappa shape index (κ3) is 2.96. The highest BCUT2D eigenvalue weighted by atomic mass is 32.1. The molecule has 0 bridgehead atoms. The molecule has 3 aromatic heterocycles. The normalized spacial score (nSPS) is 17.4. The van der Waals surface area contributed by atoms with Crippen molar-refractivity contribution < 1.29 is 14.3 Å². The molecule has 0 spiro atoms. The second-order valence-electron chi connectivity index (χ2n) is 6.23. The zero-order valence-electron chi connectivity index (χ0n) is 14.3. The average molecular weight is 370 g/mol. The van der Waals surface area contributed by atoms with E-state index in [0.29, 0.717) is 22.8 Å². The standard InChI is InChI=1S/C18H18N4O3S/c1-25-18(24)14-8-7-13(26-14)17(23)21-9-4-5-12(11-21)16-20-19-15-6-2-3-10-22(15)16/h2-3,6-8,10,12H,4-5,9,11H2,1H3. The predicted octanol–water partition coefficient (Wildman–Crippen LogP) is 2.60. The summed E-state index contributed by atoms with van der Waals surface area (Å²) >= 11 is 1.17. The molecule has 26 heavy (non-hydrogen) atoms. The maximum atomic E-state index is 12.8. The molecular formula is C18H18N4O3S. The summed E-state index contributed by atoms with van der Waals surface area (Å²) in [5.41, 5.74) is 0.812. The maximum Gasteiger partial charge on any atom is 0.348 e. The fourth-order valence-electron chi connectivity index (χ4n) is 3.33. The highest BCUT2D eigenvalue weighted by Crippen LogP contribution is 2.28. The molecule has 4 heterocycles. The van der Waals surface area contributed by atoms with Crippen molar-refractivity contribution in [1.29, 1.82) is 0 Å². The van der Waals surface area contributed by atoms with Gasteiger partial charge in [-0.1, -0.05) is 6.07 Å². The van der Waals surface area contributed by atoms with Crippen molar-refractivity contribution in [2.24, 2.45) is 0 Å². The zero-order valence-corrected chi connectivity index (χ0v) is 15.1. The molecule has 1 unspecified atom stereocenters. The van der Waals surface area contributed by atoms with Crippen LogP contribution < -0.4 is 0 Å². The Labute approximate surface area is 154 Å². The number of nitrogens with zero attached hydrogens (tertiary/aromatic N) is 4. The van der Waals surface area contributed by atoms with E-state index in [2.05, 4.69) is 10.2 Å². The van der Waals surface area contributed by atoms with Gasteiger partial charge in [0.15, 0.2) is 5.65 Å². The molecule has 0 N–H and O–H groups in total. The zero-order chi connectivity index (χ0) is 18.1. The van der Waals surface area contributed by atoms with Crippen LogP contribution in [0.15, 0.2) is 36.5 Å². The number of aromatic nitrogens is 3. The van der Waals surface area contributed by atoms with E-state index in [1.165, 1.54) is 18.4 Å². The number of fused-ring (bicyclic) bond motifs is 1. The summed E-state index contributed by atoms with van der Waals surface area (Å²) in [4.78, 5) is 27.3. The van der Waals surface area contributed by atoms with Crippen LogP contribution in [-0.2, 0) is 4.74 Å². The highest BCUT2D eigenvalue weighted by Gasteiger charge is 2.29. The van der Waals surface area contributed by atoms with Gasteiger partial charge in [-0.3, -0.25) is 9.20 Å². The Morgan fingerprint density at radius 3 is 2.88 bits per heavy atom. The molecule has 134 valence electrons. The van der Waals surface area contributed by atoms with Gasteiger partial charge in [0, 0.05) is 25.2 Å². The quantitative estimate of drug-likeness (QED) is 0.663. The fraction of sp³-hybridized carbons (Fsp3) is 0.333. The van der Waals surface area contributed by atoms with Crippen molar-refractivity contribution in [2.75, 3.05) is 20.2 Å². The third-order valence-corrected chi connectivity index (χ3v) is 5.67. The molecule has 1 saturated heterocycles. The van der Waals surface area contributed by atoms with Crippen LogP contribution in [0, 0.1) is 0 Å². The Hall–Kier alpha value is -2.74. The summed E-state index contributed by atoms with van der Waals surface area (Å²) < 4.78 is 6.70.